The third kappa shape index (κ3) is 2.21. The Morgan fingerprint density at radius 2 is 2.00 bits per heavy atom. The molecule has 0 fully saturated rings. The van der Waals surface area contributed by atoms with E-state index >= 15 is 0 Å². The minimum atomic E-state index is -1.70. The topological polar surface area (TPSA) is 76.8 Å². The first-order valence-electron chi connectivity index (χ1n) is 6.49. The standard InChI is InChI=1S/C14H14N4O3S/c1-17-11-7-5-4-6-9(11)15-13(17)10-8-12(14(19)21-3)18(2)22(20)16-10/h4-8H,1-3H3. The predicted octanol–water partition coefficient (Wildman–Crippen LogP) is 0.943. The highest BCUT2D eigenvalue weighted by molar-refractivity contribution is 7.81. The minimum absolute atomic E-state index is 0.179. The number of carbonyl (C=O) groups excluding carboxylic acids is 1. The van der Waals surface area contributed by atoms with Crippen LogP contribution in [0.15, 0.2) is 40.4 Å². The number of rotatable bonds is 2. The fraction of sp³-hybridized carbons (Fsp3) is 0.214. The van der Waals surface area contributed by atoms with Crippen molar-refractivity contribution < 1.29 is 13.7 Å². The van der Waals surface area contributed by atoms with E-state index in [0.29, 0.717) is 11.5 Å². The highest BCUT2D eigenvalue weighted by Crippen LogP contribution is 2.20. The number of likely N-dealkylation sites (N-methyl/N-ethyl adjacent to an activating group) is 1. The summed E-state index contributed by atoms with van der Waals surface area (Å²) in [4.78, 5) is 16.3. The largest absolute Gasteiger partial charge is 0.464 e. The molecular weight excluding hydrogens is 304 g/mol. The average molecular weight is 318 g/mol. The molecule has 0 spiro atoms. The molecule has 8 heteroatoms. The van der Waals surface area contributed by atoms with Gasteiger partial charge in [0.1, 0.15) is 11.4 Å². The number of esters is 1. The zero-order chi connectivity index (χ0) is 15.9. The molecule has 22 heavy (non-hydrogen) atoms. The first kappa shape index (κ1) is 14.5. The molecule has 0 N–H and O–H groups in total. The van der Waals surface area contributed by atoms with Crippen LogP contribution < -0.4 is 0 Å². The van der Waals surface area contributed by atoms with Gasteiger partial charge < -0.3 is 9.30 Å². The van der Waals surface area contributed by atoms with Crippen molar-refractivity contribution in [2.75, 3.05) is 14.2 Å². The number of allylic oxidation sites excluding steroid dienone is 1. The van der Waals surface area contributed by atoms with Gasteiger partial charge in [0.2, 0.25) is 11.2 Å². The summed E-state index contributed by atoms with van der Waals surface area (Å²) in [6.07, 6.45) is 1.54. The van der Waals surface area contributed by atoms with Crippen LogP contribution in [-0.2, 0) is 27.8 Å². The molecule has 1 aliphatic rings. The van der Waals surface area contributed by atoms with Crippen LogP contribution in [0.4, 0.5) is 0 Å². The number of aromatic nitrogens is 2. The van der Waals surface area contributed by atoms with Crippen molar-refractivity contribution in [3.05, 3.63) is 41.9 Å². The average Bonchev–Trinajstić information content (AvgIpc) is 2.86. The van der Waals surface area contributed by atoms with Crippen molar-refractivity contribution in [3.63, 3.8) is 0 Å². The number of hydrogen-bond acceptors (Lipinski definition) is 4. The van der Waals surface area contributed by atoms with E-state index in [-0.39, 0.29) is 5.70 Å². The molecule has 1 aromatic carbocycles. The molecule has 3 rings (SSSR count). The van der Waals surface area contributed by atoms with E-state index in [0.717, 1.165) is 11.0 Å². The summed E-state index contributed by atoms with van der Waals surface area (Å²) in [6, 6.07) is 7.63. The van der Waals surface area contributed by atoms with Crippen LogP contribution in [0.3, 0.4) is 0 Å². The number of fused-ring (bicyclic) bond motifs is 1. The number of carbonyl (C=O) groups is 1. The van der Waals surface area contributed by atoms with Crippen molar-refractivity contribution in [2.24, 2.45) is 11.4 Å². The number of para-hydroxylation sites is 2. The van der Waals surface area contributed by atoms with E-state index < -0.39 is 17.1 Å². The van der Waals surface area contributed by atoms with Gasteiger partial charge >= 0.3 is 5.97 Å². The van der Waals surface area contributed by atoms with Gasteiger partial charge in [0, 0.05) is 20.2 Å². The van der Waals surface area contributed by atoms with Crippen molar-refractivity contribution >= 4 is 33.9 Å². The zero-order valence-corrected chi connectivity index (χ0v) is 13.1. The van der Waals surface area contributed by atoms with E-state index in [1.165, 1.54) is 24.5 Å². The van der Waals surface area contributed by atoms with E-state index in [2.05, 4.69) is 9.38 Å². The second-order valence-corrected chi connectivity index (χ2v) is 5.90. The Hall–Kier alpha value is -2.48. The van der Waals surface area contributed by atoms with Crippen LogP contribution in [0, 0.1) is 0 Å². The monoisotopic (exact) mass is 318 g/mol. The highest BCUT2D eigenvalue weighted by Gasteiger charge is 2.27. The molecule has 0 saturated carbocycles. The Balaban J connectivity index is 2.15. The van der Waals surface area contributed by atoms with E-state index in [4.69, 9.17) is 4.74 Å². The lowest BCUT2D eigenvalue weighted by Gasteiger charge is -2.21. The van der Waals surface area contributed by atoms with Gasteiger partial charge in [-0.25, -0.2) is 14.0 Å². The second kappa shape index (κ2) is 5.38. The normalized spacial score (nSPS) is 18.1. The van der Waals surface area contributed by atoms with E-state index in [9.17, 15) is 9.00 Å². The summed E-state index contributed by atoms with van der Waals surface area (Å²) >= 11 is -1.70. The van der Waals surface area contributed by atoms with Crippen LogP contribution in [0.25, 0.3) is 11.0 Å². The molecule has 0 amide bonds. The summed E-state index contributed by atoms with van der Waals surface area (Å²) < 4.78 is 24.0. The van der Waals surface area contributed by atoms with Gasteiger partial charge in [0.05, 0.1) is 18.1 Å². The SMILES string of the molecule is COC(=O)C1=CC(c2nc3ccccc3n2C)=NS(=O)N1C. The maximum Gasteiger partial charge on any atom is 0.355 e. The second-order valence-electron chi connectivity index (χ2n) is 4.71. The van der Waals surface area contributed by atoms with Gasteiger partial charge in [-0.1, -0.05) is 12.1 Å². The Labute approximate surface area is 129 Å². The third-order valence-corrected chi connectivity index (χ3v) is 4.45. The highest BCUT2D eigenvalue weighted by atomic mass is 32.2. The van der Waals surface area contributed by atoms with Gasteiger partial charge in [0.25, 0.3) is 0 Å². The maximum absolute atomic E-state index is 12.1. The number of methoxy groups -OCH3 is 1. The molecule has 2 heterocycles. The van der Waals surface area contributed by atoms with Crippen LogP contribution in [0.1, 0.15) is 5.82 Å². The Morgan fingerprint density at radius 3 is 2.68 bits per heavy atom. The molecule has 2 aromatic rings. The van der Waals surface area contributed by atoms with Crippen LogP contribution in [0.5, 0.6) is 0 Å². The number of ether oxygens (including phenoxy) is 1. The maximum atomic E-state index is 12.1. The number of hydrogen-bond donors (Lipinski definition) is 0. The first-order valence-corrected chi connectivity index (χ1v) is 7.55. The molecule has 1 aromatic heterocycles. The molecule has 0 saturated heterocycles. The zero-order valence-electron chi connectivity index (χ0n) is 12.3. The Kier molecular flexibility index (Phi) is 3.53. The van der Waals surface area contributed by atoms with Gasteiger partial charge in [-0.2, -0.15) is 4.40 Å². The van der Waals surface area contributed by atoms with Gasteiger partial charge in [0.15, 0.2) is 5.82 Å². The minimum Gasteiger partial charge on any atom is -0.464 e. The number of nitrogens with zero attached hydrogens (tertiary/aromatic N) is 4. The Bertz CT molecular complexity index is 853. The third-order valence-electron chi connectivity index (χ3n) is 3.43. The van der Waals surface area contributed by atoms with Crippen molar-refractivity contribution in [3.8, 4) is 0 Å². The number of aryl methyl sites for hydroxylation is 1. The van der Waals surface area contributed by atoms with E-state index in [1.54, 1.807) is 0 Å². The molecular formula is C14H14N4O3S. The molecule has 1 aliphatic heterocycles. The molecule has 0 radical (unpaired) electrons. The Morgan fingerprint density at radius 1 is 1.27 bits per heavy atom. The van der Waals surface area contributed by atoms with Gasteiger partial charge in [-0.15, -0.1) is 0 Å². The summed E-state index contributed by atoms with van der Waals surface area (Å²) in [5, 5.41) is 0. The summed E-state index contributed by atoms with van der Waals surface area (Å²) in [5.74, 6) is -0.0222. The predicted molar refractivity (Wildman–Crippen MR) is 83.3 cm³/mol. The smallest absolute Gasteiger partial charge is 0.355 e. The van der Waals surface area contributed by atoms with Crippen LogP contribution >= 0.6 is 0 Å². The number of benzene rings is 1. The molecule has 1 unspecified atom stereocenters. The summed E-state index contributed by atoms with van der Waals surface area (Å²) in [7, 11) is 4.65. The number of imidazole rings is 1. The quantitative estimate of drug-likeness (QED) is 0.772. The molecule has 114 valence electrons. The van der Waals surface area contributed by atoms with Crippen molar-refractivity contribution in [1.82, 2.24) is 13.9 Å². The molecule has 0 aliphatic carbocycles. The summed E-state index contributed by atoms with van der Waals surface area (Å²) in [6.45, 7) is 0. The van der Waals surface area contributed by atoms with Gasteiger partial charge in [-0.3, -0.25) is 4.31 Å². The van der Waals surface area contributed by atoms with Gasteiger partial charge in [-0.05, 0) is 12.1 Å². The first-order chi connectivity index (χ1) is 10.5. The molecule has 1 atom stereocenters. The lowest BCUT2D eigenvalue weighted by Crippen LogP contribution is -2.30. The van der Waals surface area contributed by atoms with Crippen LogP contribution in [-0.4, -0.2) is 43.9 Å². The fourth-order valence-electron chi connectivity index (χ4n) is 2.25. The fourth-order valence-corrected chi connectivity index (χ4v) is 2.97. The molecule has 0 bridgehead atoms. The van der Waals surface area contributed by atoms with Crippen molar-refractivity contribution in [1.29, 1.82) is 0 Å². The van der Waals surface area contributed by atoms with E-state index in [1.807, 2.05) is 35.9 Å². The molecule has 7 nitrogen and oxygen atoms in total. The summed E-state index contributed by atoms with van der Waals surface area (Å²) in [5.41, 5.74) is 2.30. The van der Waals surface area contributed by atoms with Crippen molar-refractivity contribution in [2.45, 2.75) is 0 Å². The van der Waals surface area contributed by atoms with Crippen LogP contribution in [0.2, 0.25) is 0 Å². The lowest BCUT2D eigenvalue weighted by atomic mass is 10.2. The lowest BCUT2D eigenvalue weighted by molar-refractivity contribution is -0.137.